The molecule has 0 saturated carbocycles. The molecule has 2 aromatic rings. The third-order valence-corrected chi connectivity index (χ3v) is 5.62. The van der Waals surface area contributed by atoms with Gasteiger partial charge in [-0.2, -0.15) is 5.26 Å². The second kappa shape index (κ2) is 10.6. The van der Waals surface area contributed by atoms with Crippen molar-refractivity contribution >= 4 is 29.1 Å². The third-order valence-electron chi connectivity index (χ3n) is 5.03. The molecule has 1 saturated heterocycles. The topological polar surface area (TPSA) is 59.4 Å². The Kier molecular flexibility index (Phi) is 7.91. The summed E-state index contributed by atoms with van der Waals surface area (Å²) in [7, 11) is 0. The first kappa shape index (κ1) is 21.6. The number of carbonyl (C=O) groups excluding carboxylic acids is 1. The maximum atomic E-state index is 12.3. The van der Waals surface area contributed by atoms with E-state index < -0.39 is 0 Å². The van der Waals surface area contributed by atoms with E-state index in [4.69, 9.17) is 28.5 Å². The molecule has 1 aliphatic rings. The van der Waals surface area contributed by atoms with Crippen LogP contribution in [0.15, 0.2) is 42.5 Å². The second-order valence-electron chi connectivity index (χ2n) is 7.23. The molecule has 0 atom stereocenters. The van der Waals surface area contributed by atoms with Gasteiger partial charge in [-0.3, -0.25) is 14.6 Å². The summed E-state index contributed by atoms with van der Waals surface area (Å²) >= 11 is 12.1. The molecule has 1 aliphatic heterocycles. The van der Waals surface area contributed by atoms with Crippen molar-refractivity contribution in [3.63, 3.8) is 0 Å². The molecule has 29 heavy (non-hydrogen) atoms. The fraction of sp³-hybridized carbons (Fsp3) is 0.364. The largest absolute Gasteiger partial charge is 0.351 e. The van der Waals surface area contributed by atoms with Gasteiger partial charge in [-0.15, -0.1) is 0 Å². The fourth-order valence-corrected chi connectivity index (χ4v) is 3.88. The molecule has 0 aliphatic carbocycles. The van der Waals surface area contributed by atoms with Crippen LogP contribution in [0.4, 0.5) is 0 Å². The molecule has 7 heteroatoms. The lowest BCUT2D eigenvalue weighted by Crippen LogP contribution is -2.39. The molecule has 5 nitrogen and oxygen atoms in total. The van der Waals surface area contributed by atoms with Gasteiger partial charge in [0.05, 0.1) is 18.2 Å². The number of hydrogen-bond donors (Lipinski definition) is 1. The molecule has 1 heterocycles. The number of nitrogens with zero attached hydrogens (tertiary/aromatic N) is 3. The van der Waals surface area contributed by atoms with Gasteiger partial charge in [0.2, 0.25) is 5.91 Å². The lowest BCUT2D eigenvalue weighted by molar-refractivity contribution is -0.122. The Hall–Kier alpha value is -2.10. The van der Waals surface area contributed by atoms with Crippen molar-refractivity contribution in [2.24, 2.45) is 0 Å². The zero-order valence-electron chi connectivity index (χ0n) is 16.2. The van der Waals surface area contributed by atoms with Crippen LogP contribution >= 0.6 is 23.2 Å². The van der Waals surface area contributed by atoms with Crippen molar-refractivity contribution in [2.75, 3.05) is 32.7 Å². The van der Waals surface area contributed by atoms with Crippen LogP contribution in [-0.2, 0) is 17.9 Å². The number of nitrogens with one attached hydrogen (secondary N) is 1. The molecule has 3 rings (SSSR count). The molecule has 0 unspecified atom stereocenters. The predicted molar refractivity (Wildman–Crippen MR) is 116 cm³/mol. The number of halogens is 2. The number of amides is 1. The van der Waals surface area contributed by atoms with E-state index in [1.54, 1.807) is 12.1 Å². The van der Waals surface area contributed by atoms with Crippen LogP contribution in [-0.4, -0.2) is 48.4 Å². The Balaban J connectivity index is 1.44. The molecule has 0 bridgehead atoms. The summed E-state index contributed by atoms with van der Waals surface area (Å²) in [4.78, 5) is 16.9. The minimum atomic E-state index is -0.00319. The Bertz CT molecular complexity index is 879. The normalized spacial score (nSPS) is 15.5. The van der Waals surface area contributed by atoms with E-state index in [0.717, 1.165) is 44.7 Å². The number of hydrogen-bond acceptors (Lipinski definition) is 4. The highest BCUT2D eigenvalue weighted by Crippen LogP contribution is 2.20. The minimum Gasteiger partial charge on any atom is -0.351 e. The smallest absolute Gasteiger partial charge is 0.234 e. The van der Waals surface area contributed by atoms with Crippen molar-refractivity contribution in [2.45, 2.75) is 19.5 Å². The molecular weight excluding hydrogens is 407 g/mol. The lowest BCUT2D eigenvalue weighted by atomic mass is 10.1. The summed E-state index contributed by atoms with van der Waals surface area (Å²) in [5.74, 6) is -0.00319. The number of rotatable bonds is 6. The van der Waals surface area contributed by atoms with Gasteiger partial charge in [-0.25, -0.2) is 0 Å². The van der Waals surface area contributed by atoms with E-state index in [1.165, 1.54) is 5.56 Å². The lowest BCUT2D eigenvalue weighted by Gasteiger charge is -2.21. The van der Waals surface area contributed by atoms with Gasteiger partial charge < -0.3 is 5.32 Å². The van der Waals surface area contributed by atoms with Gasteiger partial charge in [-0.1, -0.05) is 41.4 Å². The first-order chi connectivity index (χ1) is 14.0. The summed E-state index contributed by atoms with van der Waals surface area (Å²) in [6.07, 6.45) is 1.02. The molecule has 1 fully saturated rings. The minimum absolute atomic E-state index is 0.00319. The quantitative estimate of drug-likeness (QED) is 0.758. The van der Waals surface area contributed by atoms with Crippen molar-refractivity contribution in [1.82, 2.24) is 15.1 Å². The maximum absolute atomic E-state index is 12.3. The van der Waals surface area contributed by atoms with Crippen LogP contribution < -0.4 is 5.32 Å². The average Bonchev–Trinajstić information content (AvgIpc) is 2.93. The summed E-state index contributed by atoms with van der Waals surface area (Å²) in [6.45, 7) is 5.31. The highest BCUT2D eigenvalue weighted by atomic mass is 35.5. The van der Waals surface area contributed by atoms with Gasteiger partial charge in [0.25, 0.3) is 0 Å². The van der Waals surface area contributed by atoms with Crippen LogP contribution in [0.2, 0.25) is 10.0 Å². The van der Waals surface area contributed by atoms with Crippen molar-refractivity contribution in [3.8, 4) is 6.07 Å². The molecule has 1 N–H and O–H groups in total. The molecule has 2 aromatic carbocycles. The van der Waals surface area contributed by atoms with E-state index in [1.807, 2.05) is 30.3 Å². The SMILES string of the molecule is N#Cc1ccc(CN2CCCN(CC(=O)NCc3ccc(Cl)cc3Cl)CC2)cc1. The zero-order valence-corrected chi connectivity index (χ0v) is 17.7. The number of carbonyl (C=O) groups is 1. The summed E-state index contributed by atoms with van der Waals surface area (Å²) in [5, 5.41) is 13.0. The van der Waals surface area contributed by atoms with E-state index in [2.05, 4.69) is 21.2 Å². The average molecular weight is 431 g/mol. The van der Waals surface area contributed by atoms with Crippen LogP contribution in [0.25, 0.3) is 0 Å². The van der Waals surface area contributed by atoms with Gasteiger partial charge in [-0.05, 0) is 54.9 Å². The highest BCUT2D eigenvalue weighted by Gasteiger charge is 2.17. The van der Waals surface area contributed by atoms with Gasteiger partial charge >= 0.3 is 0 Å². The monoisotopic (exact) mass is 430 g/mol. The van der Waals surface area contributed by atoms with Gasteiger partial charge in [0.15, 0.2) is 0 Å². The molecule has 152 valence electrons. The van der Waals surface area contributed by atoms with Crippen molar-refractivity contribution in [3.05, 3.63) is 69.2 Å². The summed E-state index contributed by atoms with van der Waals surface area (Å²) < 4.78 is 0. The van der Waals surface area contributed by atoms with Crippen LogP contribution in [0.5, 0.6) is 0 Å². The molecule has 0 radical (unpaired) electrons. The third kappa shape index (κ3) is 6.73. The molecule has 0 spiro atoms. The standard InChI is InChI=1S/C22H24Cl2N4O/c23-20-7-6-19(21(24)12-20)14-26-22(29)16-28-9-1-8-27(10-11-28)15-18-4-2-17(13-25)3-5-18/h2-7,12H,1,8-11,14-16H2,(H,26,29). The highest BCUT2D eigenvalue weighted by molar-refractivity contribution is 6.35. The van der Waals surface area contributed by atoms with Gasteiger partial charge in [0.1, 0.15) is 0 Å². The molecule has 0 aromatic heterocycles. The molecule has 1 amide bonds. The van der Waals surface area contributed by atoms with E-state index >= 15 is 0 Å². The van der Waals surface area contributed by atoms with Crippen molar-refractivity contribution < 1.29 is 4.79 Å². The number of nitriles is 1. The maximum Gasteiger partial charge on any atom is 0.234 e. The van der Waals surface area contributed by atoms with Crippen LogP contribution in [0.3, 0.4) is 0 Å². The number of benzene rings is 2. The molecular formula is C22H24Cl2N4O. The predicted octanol–water partition coefficient (Wildman–Crippen LogP) is 3.69. The fourth-order valence-electron chi connectivity index (χ4n) is 3.40. The Morgan fingerprint density at radius 3 is 2.48 bits per heavy atom. The first-order valence-electron chi connectivity index (χ1n) is 9.68. The van der Waals surface area contributed by atoms with E-state index in [-0.39, 0.29) is 5.91 Å². The van der Waals surface area contributed by atoms with E-state index in [0.29, 0.717) is 28.7 Å². The van der Waals surface area contributed by atoms with Crippen molar-refractivity contribution in [1.29, 1.82) is 5.26 Å². The van der Waals surface area contributed by atoms with Crippen LogP contribution in [0.1, 0.15) is 23.1 Å². The first-order valence-corrected chi connectivity index (χ1v) is 10.4. The summed E-state index contributed by atoms with van der Waals surface area (Å²) in [5.41, 5.74) is 2.74. The van der Waals surface area contributed by atoms with Crippen LogP contribution in [0, 0.1) is 11.3 Å². The Morgan fingerprint density at radius 1 is 1.03 bits per heavy atom. The van der Waals surface area contributed by atoms with E-state index in [9.17, 15) is 4.79 Å². The second-order valence-corrected chi connectivity index (χ2v) is 8.07. The Morgan fingerprint density at radius 2 is 1.76 bits per heavy atom. The Labute approximate surface area is 181 Å². The summed E-state index contributed by atoms with van der Waals surface area (Å²) in [6, 6.07) is 15.2. The van der Waals surface area contributed by atoms with Gasteiger partial charge in [0, 0.05) is 36.2 Å². The zero-order chi connectivity index (χ0) is 20.6.